The lowest BCUT2D eigenvalue weighted by Gasteiger charge is -2.56. The van der Waals surface area contributed by atoms with Crippen LogP contribution in [0.4, 0.5) is 5.69 Å². The molecular formula is C24H33N3O2. The molecule has 0 radical (unpaired) electrons. The van der Waals surface area contributed by atoms with E-state index in [4.69, 9.17) is 0 Å². The maximum absolute atomic E-state index is 13.2. The zero-order valence-electron chi connectivity index (χ0n) is 17.2. The molecule has 5 aliphatic rings. The van der Waals surface area contributed by atoms with E-state index in [1.807, 2.05) is 30.3 Å². The van der Waals surface area contributed by atoms with E-state index in [9.17, 15) is 9.59 Å². The Hall–Kier alpha value is -1.88. The highest BCUT2D eigenvalue weighted by Crippen LogP contribution is 2.60. The summed E-state index contributed by atoms with van der Waals surface area (Å²) < 4.78 is 0. The summed E-state index contributed by atoms with van der Waals surface area (Å²) in [4.78, 5) is 27.7. The smallest absolute Gasteiger partial charge is 0.238 e. The minimum Gasteiger partial charge on any atom is -0.353 e. The van der Waals surface area contributed by atoms with Crippen molar-refractivity contribution in [1.29, 1.82) is 0 Å². The number of benzene rings is 1. The number of rotatable bonds is 5. The van der Waals surface area contributed by atoms with Gasteiger partial charge in [-0.3, -0.25) is 14.5 Å². The van der Waals surface area contributed by atoms with Gasteiger partial charge in [-0.1, -0.05) is 18.2 Å². The van der Waals surface area contributed by atoms with Crippen molar-refractivity contribution in [3.05, 3.63) is 30.3 Å². The van der Waals surface area contributed by atoms with Crippen molar-refractivity contribution in [2.75, 3.05) is 25.0 Å². The summed E-state index contributed by atoms with van der Waals surface area (Å²) in [5.74, 6) is 2.79. The molecule has 2 N–H and O–H groups in total. The predicted molar refractivity (Wildman–Crippen MR) is 113 cm³/mol. The van der Waals surface area contributed by atoms with Gasteiger partial charge in [-0.05, 0) is 81.3 Å². The molecule has 156 valence electrons. The molecule has 4 aliphatic carbocycles. The van der Waals surface area contributed by atoms with E-state index in [-0.39, 0.29) is 17.4 Å². The third-order valence-electron chi connectivity index (χ3n) is 7.87. The summed E-state index contributed by atoms with van der Waals surface area (Å²) in [5.41, 5.74) is 0.789. The van der Waals surface area contributed by atoms with Crippen LogP contribution in [-0.4, -0.2) is 42.4 Å². The Morgan fingerprint density at radius 3 is 2.10 bits per heavy atom. The van der Waals surface area contributed by atoms with Crippen LogP contribution in [0.1, 0.15) is 51.4 Å². The summed E-state index contributed by atoms with van der Waals surface area (Å²) in [6.45, 7) is 2.16. The second-order valence-corrected chi connectivity index (χ2v) is 10.1. The molecule has 5 nitrogen and oxygen atoms in total. The standard InChI is InChI=1S/C24H33N3O2/c28-22(25-20-4-2-1-3-5-20)16-27-8-6-21(7-9-27)26-23(29)24-13-17-10-18(14-24)12-19(11-17)15-24/h1-5,17-19,21H,6-16H2,(H,25,28)(H,26,29). The van der Waals surface area contributed by atoms with E-state index in [0.717, 1.165) is 68.6 Å². The highest BCUT2D eigenvalue weighted by molar-refractivity contribution is 5.92. The van der Waals surface area contributed by atoms with Crippen LogP contribution in [0.2, 0.25) is 0 Å². The van der Waals surface area contributed by atoms with Gasteiger partial charge in [0, 0.05) is 30.2 Å². The zero-order chi connectivity index (χ0) is 19.8. The molecular weight excluding hydrogens is 362 g/mol. The Kier molecular flexibility index (Phi) is 5.10. The average molecular weight is 396 g/mol. The lowest BCUT2D eigenvalue weighted by Crippen LogP contribution is -2.56. The average Bonchev–Trinajstić information content (AvgIpc) is 2.69. The highest BCUT2D eigenvalue weighted by Gasteiger charge is 2.54. The molecule has 1 aromatic rings. The number of hydrogen-bond acceptors (Lipinski definition) is 3. The van der Waals surface area contributed by atoms with Crippen LogP contribution in [0.5, 0.6) is 0 Å². The quantitative estimate of drug-likeness (QED) is 0.803. The number of likely N-dealkylation sites (tertiary alicyclic amines) is 1. The molecule has 1 aromatic carbocycles. The molecule has 1 heterocycles. The first-order chi connectivity index (χ1) is 14.1. The minimum absolute atomic E-state index is 0.0345. The first-order valence-corrected chi connectivity index (χ1v) is 11.5. The molecule has 0 unspecified atom stereocenters. The predicted octanol–water partition coefficient (Wildman–Crippen LogP) is 3.42. The second-order valence-electron chi connectivity index (χ2n) is 10.1. The molecule has 29 heavy (non-hydrogen) atoms. The molecule has 5 fully saturated rings. The SMILES string of the molecule is O=C(CN1CCC(NC(=O)C23CC4CC(CC(C4)C2)C3)CC1)Nc1ccccc1. The van der Waals surface area contributed by atoms with Crippen molar-refractivity contribution in [3.63, 3.8) is 0 Å². The van der Waals surface area contributed by atoms with Gasteiger partial charge in [0.05, 0.1) is 6.54 Å². The largest absolute Gasteiger partial charge is 0.353 e. The van der Waals surface area contributed by atoms with Crippen molar-refractivity contribution >= 4 is 17.5 Å². The number of hydrogen-bond donors (Lipinski definition) is 2. The molecule has 1 saturated heterocycles. The van der Waals surface area contributed by atoms with Gasteiger partial charge >= 0.3 is 0 Å². The number of anilines is 1. The summed E-state index contributed by atoms with van der Waals surface area (Å²) in [6.07, 6.45) is 9.38. The van der Waals surface area contributed by atoms with E-state index in [1.54, 1.807) is 0 Å². The van der Waals surface area contributed by atoms with Gasteiger partial charge in [-0.15, -0.1) is 0 Å². The Balaban J connectivity index is 1.09. The lowest BCUT2D eigenvalue weighted by atomic mass is 9.49. The highest BCUT2D eigenvalue weighted by atomic mass is 16.2. The maximum Gasteiger partial charge on any atom is 0.238 e. The van der Waals surface area contributed by atoms with Crippen LogP contribution in [0.25, 0.3) is 0 Å². The van der Waals surface area contributed by atoms with Gasteiger partial charge in [-0.2, -0.15) is 0 Å². The Labute approximate surface area is 173 Å². The van der Waals surface area contributed by atoms with Crippen LogP contribution >= 0.6 is 0 Å². The van der Waals surface area contributed by atoms with Crippen molar-refractivity contribution in [2.45, 2.75) is 57.4 Å². The fraction of sp³-hybridized carbons (Fsp3) is 0.667. The first-order valence-electron chi connectivity index (χ1n) is 11.5. The number of nitrogens with one attached hydrogen (secondary N) is 2. The van der Waals surface area contributed by atoms with Gasteiger partial charge < -0.3 is 10.6 Å². The molecule has 4 bridgehead atoms. The second kappa shape index (κ2) is 7.75. The van der Waals surface area contributed by atoms with Crippen LogP contribution < -0.4 is 10.6 Å². The topological polar surface area (TPSA) is 61.4 Å². The first kappa shape index (κ1) is 19.1. The van der Waals surface area contributed by atoms with Crippen molar-refractivity contribution in [2.24, 2.45) is 23.2 Å². The van der Waals surface area contributed by atoms with E-state index in [1.165, 1.54) is 19.3 Å². The number of carbonyl (C=O) groups excluding carboxylic acids is 2. The van der Waals surface area contributed by atoms with Gasteiger partial charge in [0.1, 0.15) is 0 Å². The summed E-state index contributed by atoms with van der Waals surface area (Å²) >= 11 is 0. The third kappa shape index (κ3) is 4.07. The lowest BCUT2D eigenvalue weighted by molar-refractivity contribution is -0.147. The number of carbonyl (C=O) groups is 2. The minimum atomic E-state index is -0.0541. The molecule has 1 aliphatic heterocycles. The summed E-state index contributed by atoms with van der Waals surface area (Å²) in [6, 6.07) is 9.87. The number of nitrogens with zero attached hydrogens (tertiary/aromatic N) is 1. The van der Waals surface area contributed by atoms with Crippen LogP contribution in [0.3, 0.4) is 0 Å². The molecule has 4 saturated carbocycles. The molecule has 2 amide bonds. The zero-order valence-corrected chi connectivity index (χ0v) is 17.2. The van der Waals surface area contributed by atoms with Gasteiger partial charge in [0.25, 0.3) is 0 Å². The monoisotopic (exact) mass is 395 g/mol. The van der Waals surface area contributed by atoms with Gasteiger partial charge in [0.2, 0.25) is 11.8 Å². The normalized spacial score (nSPS) is 34.1. The molecule has 0 spiro atoms. The molecule has 0 aromatic heterocycles. The molecule has 0 atom stereocenters. The Bertz CT molecular complexity index is 719. The van der Waals surface area contributed by atoms with E-state index in [0.29, 0.717) is 12.5 Å². The number of amides is 2. The summed E-state index contributed by atoms with van der Waals surface area (Å²) in [7, 11) is 0. The number of piperidine rings is 1. The van der Waals surface area contributed by atoms with Crippen LogP contribution in [0, 0.1) is 23.2 Å². The van der Waals surface area contributed by atoms with E-state index < -0.39 is 0 Å². The fourth-order valence-corrected chi connectivity index (χ4v) is 6.89. The fourth-order valence-electron chi connectivity index (χ4n) is 6.89. The third-order valence-corrected chi connectivity index (χ3v) is 7.87. The Morgan fingerprint density at radius 2 is 1.52 bits per heavy atom. The maximum atomic E-state index is 13.2. The van der Waals surface area contributed by atoms with Crippen molar-refractivity contribution < 1.29 is 9.59 Å². The van der Waals surface area contributed by atoms with E-state index in [2.05, 4.69) is 15.5 Å². The van der Waals surface area contributed by atoms with Crippen molar-refractivity contribution in [1.82, 2.24) is 10.2 Å². The molecule has 6 rings (SSSR count). The molecule has 5 heteroatoms. The number of para-hydroxylation sites is 1. The van der Waals surface area contributed by atoms with Gasteiger partial charge in [0.15, 0.2) is 0 Å². The van der Waals surface area contributed by atoms with Gasteiger partial charge in [-0.25, -0.2) is 0 Å². The van der Waals surface area contributed by atoms with E-state index >= 15 is 0 Å². The van der Waals surface area contributed by atoms with Crippen LogP contribution in [0.15, 0.2) is 30.3 Å². The Morgan fingerprint density at radius 1 is 0.931 bits per heavy atom. The van der Waals surface area contributed by atoms with Crippen LogP contribution in [-0.2, 0) is 9.59 Å². The van der Waals surface area contributed by atoms with Crippen molar-refractivity contribution in [3.8, 4) is 0 Å². The summed E-state index contributed by atoms with van der Waals surface area (Å²) in [5, 5.41) is 6.38.